The Morgan fingerprint density at radius 3 is 2.38 bits per heavy atom. The normalized spacial score (nSPS) is 10.7. The fourth-order valence-electron chi connectivity index (χ4n) is 3.19. The summed E-state index contributed by atoms with van der Waals surface area (Å²) in [6.45, 7) is 3.51. The summed E-state index contributed by atoms with van der Waals surface area (Å²) in [6.07, 6.45) is 0. The van der Waals surface area contributed by atoms with Crippen molar-refractivity contribution in [3.05, 3.63) is 75.7 Å². The molecule has 0 bridgehead atoms. The number of fused-ring (bicyclic) bond motifs is 1. The minimum Gasteiger partial charge on any atom is -0.468 e. The number of aromatic nitrogens is 2. The van der Waals surface area contributed by atoms with E-state index < -0.39 is 5.97 Å². The van der Waals surface area contributed by atoms with Crippen LogP contribution < -0.4 is 5.56 Å². The van der Waals surface area contributed by atoms with Crippen molar-refractivity contribution < 1.29 is 14.3 Å². The van der Waals surface area contributed by atoms with E-state index in [0.717, 1.165) is 21.2 Å². The second kappa shape index (κ2) is 8.68. The van der Waals surface area contributed by atoms with Crippen LogP contribution in [-0.4, -0.2) is 40.2 Å². The molecule has 1 aromatic heterocycles. The van der Waals surface area contributed by atoms with Crippen molar-refractivity contribution in [2.75, 3.05) is 13.7 Å². The quantitative estimate of drug-likeness (QED) is 0.600. The number of amides is 1. The van der Waals surface area contributed by atoms with Gasteiger partial charge in [0.1, 0.15) is 13.1 Å². The minimum absolute atomic E-state index is 0.203. The van der Waals surface area contributed by atoms with Gasteiger partial charge < -0.3 is 9.64 Å². The van der Waals surface area contributed by atoms with Crippen molar-refractivity contribution in [1.29, 1.82) is 0 Å². The molecule has 0 saturated carbocycles. The molecule has 1 amide bonds. The number of aryl methyl sites for hydroxylation is 2. The Morgan fingerprint density at radius 1 is 1.03 bits per heavy atom. The van der Waals surface area contributed by atoms with E-state index in [1.54, 1.807) is 19.1 Å². The maximum atomic E-state index is 13.0. The number of nitrogens with zero attached hydrogens (tertiary/aromatic N) is 3. The fourth-order valence-corrected chi connectivity index (χ4v) is 3.19. The second-order valence-electron chi connectivity index (χ2n) is 6.85. The molecule has 0 aliphatic rings. The van der Waals surface area contributed by atoms with Crippen molar-refractivity contribution in [2.24, 2.45) is 0 Å². The summed E-state index contributed by atoms with van der Waals surface area (Å²) in [5, 5.41) is 5.55. The van der Waals surface area contributed by atoms with E-state index in [1.807, 2.05) is 43.3 Å². The Hall–Kier alpha value is -3.48. The number of benzene rings is 2. The summed E-state index contributed by atoms with van der Waals surface area (Å²) in [5.74, 6) is -0.912. The van der Waals surface area contributed by atoms with E-state index in [2.05, 4.69) is 5.10 Å². The number of methoxy groups -OCH3 is 1. The number of carbonyl (C=O) groups is 2. The summed E-state index contributed by atoms with van der Waals surface area (Å²) in [5.41, 5.74) is 2.24. The van der Waals surface area contributed by atoms with Gasteiger partial charge in [-0.2, -0.15) is 5.10 Å². The third-order valence-corrected chi connectivity index (χ3v) is 4.86. The SMILES string of the molecule is COC(=O)CN(Cc1ccccc1C)C(=O)Cn1nc(C)c2ccccc2c1=O. The smallest absolute Gasteiger partial charge is 0.325 e. The van der Waals surface area contributed by atoms with E-state index in [1.165, 1.54) is 12.0 Å². The number of rotatable bonds is 6. The van der Waals surface area contributed by atoms with Crippen LogP contribution in [-0.2, 0) is 27.4 Å². The second-order valence-corrected chi connectivity index (χ2v) is 6.85. The highest BCUT2D eigenvalue weighted by Crippen LogP contribution is 2.13. The molecule has 0 radical (unpaired) electrons. The first-order chi connectivity index (χ1) is 13.9. The van der Waals surface area contributed by atoms with Gasteiger partial charge in [0, 0.05) is 11.9 Å². The van der Waals surface area contributed by atoms with Gasteiger partial charge in [-0.05, 0) is 31.0 Å². The Balaban J connectivity index is 1.91. The first-order valence-corrected chi connectivity index (χ1v) is 9.26. The van der Waals surface area contributed by atoms with Crippen LogP contribution in [0.3, 0.4) is 0 Å². The van der Waals surface area contributed by atoms with E-state index >= 15 is 0 Å². The number of hydrogen-bond donors (Lipinski definition) is 0. The molecular formula is C22H23N3O4. The van der Waals surface area contributed by atoms with Crippen LogP contribution in [0.2, 0.25) is 0 Å². The number of carbonyl (C=O) groups excluding carboxylic acids is 2. The van der Waals surface area contributed by atoms with Crippen LogP contribution in [0.4, 0.5) is 0 Å². The lowest BCUT2D eigenvalue weighted by Gasteiger charge is -2.23. The molecule has 0 saturated heterocycles. The molecule has 0 spiro atoms. The molecular weight excluding hydrogens is 370 g/mol. The minimum atomic E-state index is -0.526. The van der Waals surface area contributed by atoms with Crippen LogP contribution in [0.5, 0.6) is 0 Å². The summed E-state index contributed by atoms with van der Waals surface area (Å²) >= 11 is 0. The van der Waals surface area contributed by atoms with E-state index in [0.29, 0.717) is 11.1 Å². The lowest BCUT2D eigenvalue weighted by molar-refractivity contribution is -0.147. The predicted octanol–water partition coefficient (Wildman–Crippen LogP) is 2.22. The molecule has 2 aromatic carbocycles. The molecule has 150 valence electrons. The van der Waals surface area contributed by atoms with Crippen LogP contribution in [0.15, 0.2) is 53.3 Å². The van der Waals surface area contributed by atoms with Crippen molar-refractivity contribution >= 4 is 22.6 Å². The Labute approximate surface area is 168 Å². The largest absolute Gasteiger partial charge is 0.468 e. The fraction of sp³-hybridized carbons (Fsp3) is 0.273. The van der Waals surface area contributed by atoms with Crippen molar-refractivity contribution in [1.82, 2.24) is 14.7 Å². The third kappa shape index (κ3) is 4.51. The third-order valence-electron chi connectivity index (χ3n) is 4.86. The first-order valence-electron chi connectivity index (χ1n) is 9.26. The number of ether oxygens (including phenoxy) is 1. The molecule has 7 heteroatoms. The Bertz CT molecular complexity index is 1120. The molecule has 3 rings (SSSR count). The van der Waals surface area contributed by atoms with Gasteiger partial charge >= 0.3 is 5.97 Å². The lowest BCUT2D eigenvalue weighted by atomic mass is 10.1. The van der Waals surface area contributed by atoms with Crippen molar-refractivity contribution in [3.8, 4) is 0 Å². The van der Waals surface area contributed by atoms with Gasteiger partial charge in [-0.1, -0.05) is 42.5 Å². The Morgan fingerprint density at radius 2 is 1.69 bits per heavy atom. The molecule has 0 N–H and O–H groups in total. The van der Waals surface area contributed by atoms with Crippen LogP contribution in [0.1, 0.15) is 16.8 Å². The first kappa shape index (κ1) is 20.3. The van der Waals surface area contributed by atoms with E-state index in [9.17, 15) is 14.4 Å². The van der Waals surface area contributed by atoms with Crippen LogP contribution >= 0.6 is 0 Å². The zero-order chi connectivity index (χ0) is 21.0. The topological polar surface area (TPSA) is 81.5 Å². The van der Waals surface area contributed by atoms with Crippen LogP contribution in [0.25, 0.3) is 10.8 Å². The number of hydrogen-bond acceptors (Lipinski definition) is 5. The van der Waals surface area contributed by atoms with Gasteiger partial charge in [0.25, 0.3) is 5.56 Å². The van der Waals surface area contributed by atoms with E-state index in [4.69, 9.17) is 4.74 Å². The van der Waals surface area contributed by atoms with Gasteiger partial charge in [-0.3, -0.25) is 14.4 Å². The lowest BCUT2D eigenvalue weighted by Crippen LogP contribution is -2.40. The molecule has 0 unspecified atom stereocenters. The highest BCUT2D eigenvalue weighted by atomic mass is 16.5. The molecule has 0 fully saturated rings. The van der Waals surface area contributed by atoms with Crippen LogP contribution in [0, 0.1) is 13.8 Å². The zero-order valence-corrected chi connectivity index (χ0v) is 16.7. The molecule has 7 nitrogen and oxygen atoms in total. The molecule has 0 aliphatic heterocycles. The predicted molar refractivity (Wildman–Crippen MR) is 109 cm³/mol. The zero-order valence-electron chi connectivity index (χ0n) is 16.7. The highest BCUT2D eigenvalue weighted by Gasteiger charge is 2.20. The van der Waals surface area contributed by atoms with Crippen molar-refractivity contribution in [2.45, 2.75) is 26.9 Å². The van der Waals surface area contributed by atoms with Gasteiger partial charge in [0.05, 0.1) is 18.2 Å². The van der Waals surface area contributed by atoms with Gasteiger partial charge in [-0.25, -0.2) is 4.68 Å². The van der Waals surface area contributed by atoms with Gasteiger partial charge in [0.15, 0.2) is 0 Å². The molecule has 29 heavy (non-hydrogen) atoms. The summed E-state index contributed by atoms with van der Waals surface area (Å²) in [6, 6.07) is 14.8. The van der Waals surface area contributed by atoms with Gasteiger partial charge in [-0.15, -0.1) is 0 Å². The maximum absolute atomic E-state index is 13.0. The highest BCUT2D eigenvalue weighted by molar-refractivity contribution is 5.84. The summed E-state index contributed by atoms with van der Waals surface area (Å²) in [7, 11) is 1.28. The van der Waals surface area contributed by atoms with E-state index in [-0.39, 0.29) is 31.1 Å². The maximum Gasteiger partial charge on any atom is 0.325 e. The monoisotopic (exact) mass is 393 g/mol. The molecule has 1 heterocycles. The standard InChI is InChI=1S/C22H23N3O4/c1-15-8-4-5-9-17(15)12-24(14-21(27)29-3)20(26)13-25-22(28)19-11-7-6-10-18(19)16(2)23-25/h4-11H,12-14H2,1-3H3. The summed E-state index contributed by atoms with van der Waals surface area (Å²) < 4.78 is 5.89. The molecule has 3 aromatic rings. The molecule has 0 aliphatic carbocycles. The van der Waals surface area contributed by atoms with Gasteiger partial charge in [0.2, 0.25) is 5.91 Å². The average molecular weight is 393 g/mol. The number of esters is 1. The summed E-state index contributed by atoms with van der Waals surface area (Å²) in [4.78, 5) is 39.0. The Kier molecular flexibility index (Phi) is 6.07. The average Bonchev–Trinajstić information content (AvgIpc) is 2.72. The van der Waals surface area contributed by atoms with Crippen molar-refractivity contribution in [3.63, 3.8) is 0 Å². The molecule has 0 atom stereocenters.